The number of benzene rings is 1. The second-order valence-corrected chi connectivity index (χ2v) is 5.72. The molecule has 2 heterocycles. The molecule has 0 aliphatic heterocycles. The van der Waals surface area contributed by atoms with Crippen molar-refractivity contribution in [3.05, 3.63) is 39.8 Å². The summed E-state index contributed by atoms with van der Waals surface area (Å²) in [4.78, 5) is 9.90. The Balaban J connectivity index is 1.73. The number of anilines is 1. The van der Waals surface area contributed by atoms with Gasteiger partial charge in [-0.15, -0.1) is 11.3 Å². The molecular formula is C15H17N3O2S. The molecule has 1 aromatic carbocycles. The van der Waals surface area contributed by atoms with Crippen molar-refractivity contribution in [3.8, 4) is 0 Å². The summed E-state index contributed by atoms with van der Waals surface area (Å²) in [7, 11) is 1.71. The van der Waals surface area contributed by atoms with Gasteiger partial charge in [0.1, 0.15) is 5.52 Å². The highest BCUT2D eigenvalue weighted by Crippen LogP contribution is 2.22. The molecule has 0 amide bonds. The summed E-state index contributed by atoms with van der Waals surface area (Å²) in [6.45, 7) is 3.39. The molecule has 6 heteroatoms. The van der Waals surface area contributed by atoms with Crippen molar-refractivity contribution in [2.24, 2.45) is 0 Å². The van der Waals surface area contributed by atoms with E-state index in [1.165, 1.54) is 10.4 Å². The number of rotatable bonds is 6. The zero-order chi connectivity index (χ0) is 14.7. The number of oxazole rings is 1. The molecule has 0 spiro atoms. The maximum absolute atomic E-state index is 5.70. The van der Waals surface area contributed by atoms with Gasteiger partial charge in [-0.3, -0.25) is 0 Å². The second kappa shape index (κ2) is 6.24. The first-order chi connectivity index (χ1) is 10.3. The number of aryl methyl sites for hydroxylation is 1. The molecule has 0 aliphatic carbocycles. The van der Waals surface area contributed by atoms with Crippen LogP contribution in [0.5, 0.6) is 0 Å². The smallest absolute Gasteiger partial charge is 0.295 e. The SMILES string of the molecule is COCCc1ccc2oc(NCc3scnc3C)nc2c1. The van der Waals surface area contributed by atoms with E-state index in [0.29, 0.717) is 19.2 Å². The molecule has 0 unspecified atom stereocenters. The molecule has 2 aromatic heterocycles. The number of thiazole rings is 1. The van der Waals surface area contributed by atoms with Crippen LogP contribution < -0.4 is 5.32 Å². The number of methoxy groups -OCH3 is 1. The van der Waals surface area contributed by atoms with E-state index in [1.807, 2.05) is 30.6 Å². The maximum Gasteiger partial charge on any atom is 0.295 e. The van der Waals surface area contributed by atoms with E-state index in [0.717, 1.165) is 23.2 Å². The number of nitrogens with one attached hydrogen (secondary N) is 1. The van der Waals surface area contributed by atoms with E-state index in [1.54, 1.807) is 18.4 Å². The molecule has 5 nitrogen and oxygen atoms in total. The predicted octanol–water partition coefficient (Wildman–Crippen LogP) is 3.39. The Hall–Kier alpha value is -1.92. The summed E-state index contributed by atoms with van der Waals surface area (Å²) in [5.41, 5.74) is 5.75. The topological polar surface area (TPSA) is 60.2 Å². The van der Waals surface area contributed by atoms with Gasteiger partial charge in [0.2, 0.25) is 0 Å². The number of nitrogens with zero attached hydrogens (tertiary/aromatic N) is 2. The standard InChI is InChI=1S/C15H17N3O2S/c1-10-14(21-9-17-10)8-16-15-18-12-7-11(5-6-19-2)3-4-13(12)20-15/h3-4,7,9H,5-6,8H2,1-2H3,(H,16,18). The molecule has 3 aromatic rings. The highest BCUT2D eigenvalue weighted by molar-refractivity contribution is 7.09. The van der Waals surface area contributed by atoms with Crippen LogP contribution in [0.2, 0.25) is 0 Å². The molecule has 0 saturated carbocycles. The predicted molar refractivity (Wildman–Crippen MR) is 83.8 cm³/mol. The number of hydrogen-bond donors (Lipinski definition) is 1. The third kappa shape index (κ3) is 3.22. The Bertz CT molecular complexity index is 735. The van der Waals surface area contributed by atoms with E-state index in [2.05, 4.69) is 15.3 Å². The summed E-state index contributed by atoms with van der Waals surface area (Å²) < 4.78 is 10.8. The van der Waals surface area contributed by atoms with Gasteiger partial charge >= 0.3 is 0 Å². The lowest BCUT2D eigenvalue weighted by atomic mass is 10.1. The fraction of sp³-hybridized carbons (Fsp3) is 0.333. The van der Waals surface area contributed by atoms with Crippen LogP contribution in [0.25, 0.3) is 11.1 Å². The summed E-state index contributed by atoms with van der Waals surface area (Å²) in [5, 5.41) is 3.21. The minimum atomic E-state index is 0.543. The Kier molecular flexibility index (Phi) is 4.17. The third-order valence-corrected chi connectivity index (χ3v) is 4.23. The van der Waals surface area contributed by atoms with Gasteiger partial charge in [-0.25, -0.2) is 4.98 Å². The highest BCUT2D eigenvalue weighted by atomic mass is 32.1. The van der Waals surface area contributed by atoms with Crippen molar-refractivity contribution < 1.29 is 9.15 Å². The maximum atomic E-state index is 5.70. The highest BCUT2D eigenvalue weighted by Gasteiger charge is 2.08. The average Bonchev–Trinajstić information content (AvgIpc) is 3.08. The fourth-order valence-electron chi connectivity index (χ4n) is 2.08. The number of aromatic nitrogens is 2. The molecule has 0 aliphatic rings. The molecule has 3 rings (SSSR count). The van der Waals surface area contributed by atoms with Gasteiger partial charge in [0.25, 0.3) is 6.01 Å². The largest absolute Gasteiger partial charge is 0.424 e. The van der Waals surface area contributed by atoms with E-state index >= 15 is 0 Å². The first kappa shape index (κ1) is 14.0. The average molecular weight is 303 g/mol. The van der Waals surface area contributed by atoms with Crippen molar-refractivity contribution in [3.63, 3.8) is 0 Å². The van der Waals surface area contributed by atoms with Crippen molar-refractivity contribution in [1.82, 2.24) is 9.97 Å². The van der Waals surface area contributed by atoms with E-state index in [9.17, 15) is 0 Å². The molecule has 1 N–H and O–H groups in total. The second-order valence-electron chi connectivity index (χ2n) is 4.78. The quantitative estimate of drug-likeness (QED) is 0.756. The zero-order valence-electron chi connectivity index (χ0n) is 12.0. The van der Waals surface area contributed by atoms with E-state index in [-0.39, 0.29) is 0 Å². The van der Waals surface area contributed by atoms with Gasteiger partial charge in [-0.1, -0.05) is 6.07 Å². The molecule has 0 fully saturated rings. The third-order valence-electron chi connectivity index (χ3n) is 3.29. The van der Waals surface area contributed by atoms with Crippen molar-refractivity contribution in [2.75, 3.05) is 19.0 Å². The van der Waals surface area contributed by atoms with Gasteiger partial charge in [-0.05, 0) is 31.0 Å². The van der Waals surface area contributed by atoms with Gasteiger partial charge in [0.05, 0.1) is 24.4 Å². The Morgan fingerprint density at radius 3 is 3.05 bits per heavy atom. The Morgan fingerprint density at radius 2 is 2.29 bits per heavy atom. The fourth-order valence-corrected chi connectivity index (χ4v) is 2.79. The van der Waals surface area contributed by atoms with Crippen LogP contribution in [0.15, 0.2) is 28.1 Å². The summed E-state index contributed by atoms with van der Waals surface area (Å²) in [6, 6.07) is 6.59. The lowest BCUT2D eigenvalue weighted by molar-refractivity contribution is 0.202. The van der Waals surface area contributed by atoms with Crippen LogP contribution >= 0.6 is 11.3 Å². The van der Waals surface area contributed by atoms with Crippen LogP contribution in [0, 0.1) is 6.92 Å². The first-order valence-electron chi connectivity index (χ1n) is 6.77. The van der Waals surface area contributed by atoms with Crippen LogP contribution in [0.3, 0.4) is 0 Å². The van der Waals surface area contributed by atoms with Crippen molar-refractivity contribution in [2.45, 2.75) is 19.9 Å². The van der Waals surface area contributed by atoms with Crippen LogP contribution in [0.4, 0.5) is 6.01 Å². The molecule has 110 valence electrons. The van der Waals surface area contributed by atoms with Crippen molar-refractivity contribution in [1.29, 1.82) is 0 Å². The zero-order valence-corrected chi connectivity index (χ0v) is 12.9. The van der Waals surface area contributed by atoms with Crippen LogP contribution in [-0.2, 0) is 17.7 Å². The number of ether oxygens (including phenoxy) is 1. The summed E-state index contributed by atoms with van der Waals surface area (Å²) in [6.07, 6.45) is 0.877. The minimum Gasteiger partial charge on any atom is -0.424 e. The van der Waals surface area contributed by atoms with E-state index < -0.39 is 0 Å². The normalized spacial score (nSPS) is 11.1. The Morgan fingerprint density at radius 1 is 1.38 bits per heavy atom. The molecule has 0 saturated heterocycles. The van der Waals surface area contributed by atoms with Gasteiger partial charge in [-0.2, -0.15) is 4.98 Å². The van der Waals surface area contributed by atoms with Crippen molar-refractivity contribution >= 4 is 28.5 Å². The van der Waals surface area contributed by atoms with Gasteiger partial charge < -0.3 is 14.5 Å². The molecule has 0 atom stereocenters. The number of fused-ring (bicyclic) bond motifs is 1. The van der Waals surface area contributed by atoms with Crippen LogP contribution in [0.1, 0.15) is 16.1 Å². The summed E-state index contributed by atoms with van der Waals surface area (Å²) >= 11 is 1.63. The molecule has 21 heavy (non-hydrogen) atoms. The van der Waals surface area contributed by atoms with E-state index in [4.69, 9.17) is 9.15 Å². The number of hydrogen-bond acceptors (Lipinski definition) is 6. The minimum absolute atomic E-state index is 0.543. The molecular weight excluding hydrogens is 286 g/mol. The van der Waals surface area contributed by atoms with Crippen LogP contribution in [-0.4, -0.2) is 23.7 Å². The summed E-state index contributed by atoms with van der Waals surface area (Å²) in [5.74, 6) is 0. The van der Waals surface area contributed by atoms with Gasteiger partial charge in [0.15, 0.2) is 5.58 Å². The molecule has 0 bridgehead atoms. The molecule has 0 radical (unpaired) electrons. The first-order valence-corrected chi connectivity index (χ1v) is 7.65. The lowest BCUT2D eigenvalue weighted by Crippen LogP contribution is -1.98. The lowest BCUT2D eigenvalue weighted by Gasteiger charge is -1.98. The Labute approximate surface area is 127 Å². The van der Waals surface area contributed by atoms with Gasteiger partial charge in [0, 0.05) is 12.0 Å². The monoisotopic (exact) mass is 303 g/mol.